The molecular weight excluding hydrogens is 659 g/mol. The summed E-state index contributed by atoms with van der Waals surface area (Å²) in [5.41, 5.74) is 13.1. The molecule has 3 amide bonds. The number of nitrogens with two attached hydrogens (primary N) is 2. The standard InChI is InChI=1S/C37H49N5O7S/c1-22-36(17-25-14-26(18-36)20-37(22,39)19-25)35(48)49-34(47)30(16-23-6-4-3-5-7-23)41-31(44)21-40-33(46)29(12-13-50-2)42-32(45)28(38)15-24-8-10-27(43)11-9-24/h3-11,22,25-26,28-30,43H,12-21,38-39H2,1-2H3,(H,40,46)(H,41,44)(H,42,45)/t22?,25?,26?,28-,29+,30-,36?,37?/m0/s1. The van der Waals surface area contributed by atoms with Crippen LogP contribution in [0, 0.1) is 23.2 Å². The second-order valence-electron chi connectivity index (χ2n) is 14.5. The SMILES string of the molecule is CSCC[C@@H](NC(=O)[C@@H](N)Cc1ccc(O)cc1)C(=O)NCC(=O)N[C@@H](Cc1ccccc1)C(=O)OC(=O)C12CC3CC(CC(N)(C3)C1C)C2. The van der Waals surface area contributed by atoms with E-state index in [1.807, 2.05) is 31.4 Å². The first-order chi connectivity index (χ1) is 23.8. The fourth-order valence-electron chi connectivity index (χ4n) is 8.43. The molecule has 8 N–H and O–H groups in total. The monoisotopic (exact) mass is 707 g/mol. The Bertz CT molecular complexity index is 1540. The van der Waals surface area contributed by atoms with Gasteiger partial charge in [-0.15, -0.1) is 0 Å². The van der Waals surface area contributed by atoms with Crippen molar-refractivity contribution in [2.75, 3.05) is 18.6 Å². The van der Waals surface area contributed by atoms with Gasteiger partial charge >= 0.3 is 11.9 Å². The first-order valence-corrected chi connectivity index (χ1v) is 18.7. The minimum absolute atomic E-state index is 0.0760. The van der Waals surface area contributed by atoms with Crippen molar-refractivity contribution in [3.05, 3.63) is 65.7 Å². The lowest BCUT2D eigenvalue weighted by atomic mass is 9.43. The van der Waals surface area contributed by atoms with Gasteiger partial charge in [-0.1, -0.05) is 49.4 Å². The van der Waals surface area contributed by atoms with Crippen molar-refractivity contribution in [1.82, 2.24) is 16.0 Å². The number of hydrogen-bond acceptors (Lipinski definition) is 10. The number of nitrogens with one attached hydrogen (secondary N) is 3. The molecule has 0 saturated heterocycles. The number of aromatic hydroxyl groups is 1. The van der Waals surface area contributed by atoms with Crippen LogP contribution < -0.4 is 27.4 Å². The van der Waals surface area contributed by atoms with Gasteiger partial charge in [-0.3, -0.25) is 19.2 Å². The van der Waals surface area contributed by atoms with Crippen molar-refractivity contribution in [1.29, 1.82) is 0 Å². The summed E-state index contributed by atoms with van der Waals surface area (Å²) in [7, 11) is 0. The van der Waals surface area contributed by atoms with E-state index in [9.17, 15) is 29.1 Å². The Hall–Kier alpha value is -3.94. The van der Waals surface area contributed by atoms with E-state index >= 15 is 0 Å². The molecule has 4 fully saturated rings. The van der Waals surface area contributed by atoms with Crippen molar-refractivity contribution in [3.8, 4) is 5.75 Å². The first-order valence-electron chi connectivity index (χ1n) is 17.3. The van der Waals surface area contributed by atoms with Gasteiger partial charge in [0.05, 0.1) is 18.0 Å². The number of thioether (sulfide) groups is 1. The largest absolute Gasteiger partial charge is 0.508 e. The van der Waals surface area contributed by atoms with E-state index in [1.54, 1.807) is 24.3 Å². The van der Waals surface area contributed by atoms with E-state index in [0.29, 0.717) is 36.9 Å². The highest BCUT2D eigenvalue weighted by molar-refractivity contribution is 7.98. The molecular formula is C37H49N5O7S. The normalized spacial score (nSPS) is 26.7. The van der Waals surface area contributed by atoms with Crippen molar-refractivity contribution in [3.63, 3.8) is 0 Å². The molecule has 0 radical (unpaired) electrons. The van der Waals surface area contributed by atoms with Gasteiger partial charge in [0.15, 0.2) is 0 Å². The van der Waals surface area contributed by atoms with Crippen molar-refractivity contribution < 1.29 is 33.8 Å². The number of esters is 2. The summed E-state index contributed by atoms with van der Waals surface area (Å²) >= 11 is 1.49. The molecule has 3 unspecified atom stereocenters. The lowest BCUT2D eigenvalue weighted by Crippen LogP contribution is -2.68. The maximum atomic E-state index is 13.8. The maximum Gasteiger partial charge on any atom is 0.336 e. The molecule has 0 aromatic heterocycles. The number of carbonyl (C=O) groups is 5. The molecule has 2 aromatic carbocycles. The van der Waals surface area contributed by atoms with E-state index in [-0.39, 0.29) is 24.5 Å². The molecule has 4 bridgehead atoms. The zero-order valence-electron chi connectivity index (χ0n) is 28.7. The molecule has 0 aliphatic heterocycles. The Balaban J connectivity index is 1.20. The van der Waals surface area contributed by atoms with Gasteiger partial charge in [-0.2, -0.15) is 11.8 Å². The van der Waals surface area contributed by atoms with Crippen LogP contribution >= 0.6 is 11.8 Å². The van der Waals surface area contributed by atoms with E-state index in [1.165, 1.54) is 23.9 Å². The molecule has 4 aliphatic rings. The lowest BCUT2D eigenvalue weighted by Gasteiger charge is -2.63. The van der Waals surface area contributed by atoms with E-state index in [2.05, 4.69) is 16.0 Å². The summed E-state index contributed by atoms with van der Waals surface area (Å²) < 4.78 is 5.60. The van der Waals surface area contributed by atoms with Crippen LogP contribution in [-0.4, -0.2) is 77.0 Å². The van der Waals surface area contributed by atoms with Crippen molar-refractivity contribution in [2.45, 2.75) is 82.0 Å². The molecule has 13 heteroatoms. The summed E-state index contributed by atoms with van der Waals surface area (Å²) in [5, 5.41) is 17.4. The zero-order chi connectivity index (χ0) is 36.1. The third-order valence-corrected chi connectivity index (χ3v) is 11.5. The van der Waals surface area contributed by atoms with Gasteiger partial charge < -0.3 is 37.3 Å². The highest BCUT2D eigenvalue weighted by Crippen LogP contribution is 2.64. The molecule has 2 aromatic rings. The number of carbonyl (C=O) groups excluding carboxylic acids is 5. The van der Waals surface area contributed by atoms with Crippen LogP contribution in [-0.2, 0) is 41.6 Å². The van der Waals surface area contributed by atoms with Gasteiger partial charge in [-0.05, 0) is 98.0 Å². The lowest BCUT2D eigenvalue weighted by molar-refractivity contribution is -0.190. The molecule has 0 spiro atoms. The van der Waals surface area contributed by atoms with Crippen LogP contribution in [0.1, 0.15) is 56.6 Å². The maximum absolute atomic E-state index is 13.8. The topological polar surface area (TPSA) is 203 Å². The number of phenolic OH excluding ortho intramolecular Hbond substituents is 1. The Morgan fingerprint density at radius 2 is 1.54 bits per heavy atom. The predicted molar refractivity (Wildman–Crippen MR) is 189 cm³/mol. The molecule has 270 valence electrons. The molecule has 4 aliphatic carbocycles. The second-order valence-corrected chi connectivity index (χ2v) is 15.4. The Labute approximate surface area is 297 Å². The molecule has 6 atom stereocenters. The van der Waals surface area contributed by atoms with Crippen molar-refractivity contribution in [2.24, 2.45) is 34.6 Å². The number of rotatable bonds is 15. The molecule has 0 heterocycles. The highest BCUT2D eigenvalue weighted by Gasteiger charge is 2.64. The molecule has 4 saturated carbocycles. The Kier molecular flexibility index (Phi) is 11.9. The Morgan fingerprint density at radius 1 is 0.900 bits per heavy atom. The number of ether oxygens (including phenoxy) is 1. The first kappa shape index (κ1) is 37.3. The van der Waals surface area contributed by atoms with Crippen LogP contribution in [0.5, 0.6) is 5.75 Å². The second kappa shape index (κ2) is 15.9. The van der Waals surface area contributed by atoms with E-state index in [4.69, 9.17) is 16.2 Å². The van der Waals surface area contributed by atoms with Crippen LogP contribution in [0.3, 0.4) is 0 Å². The quantitative estimate of drug-likeness (QED) is 0.117. The molecule has 50 heavy (non-hydrogen) atoms. The summed E-state index contributed by atoms with van der Waals surface area (Å²) in [6.45, 7) is 1.52. The number of phenols is 1. The Morgan fingerprint density at radius 3 is 2.18 bits per heavy atom. The minimum atomic E-state index is -1.19. The van der Waals surface area contributed by atoms with Crippen LogP contribution in [0.2, 0.25) is 0 Å². The third-order valence-electron chi connectivity index (χ3n) is 10.9. The predicted octanol–water partition coefficient (Wildman–Crippen LogP) is 1.96. The average Bonchev–Trinajstić information content (AvgIpc) is 3.08. The summed E-state index contributed by atoms with van der Waals surface area (Å²) in [4.78, 5) is 66.7. The van der Waals surface area contributed by atoms with Gasteiger partial charge in [0.2, 0.25) is 17.7 Å². The highest BCUT2D eigenvalue weighted by atomic mass is 32.2. The smallest absolute Gasteiger partial charge is 0.336 e. The van der Waals surface area contributed by atoms with Gasteiger partial charge in [0, 0.05) is 12.0 Å². The van der Waals surface area contributed by atoms with Gasteiger partial charge in [0.1, 0.15) is 17.8 Å². The fourth-order valence-corrected chi connectivity index (χ4v) is 8.90. The van der Waals surface area contributed by atoms with Gasteiger partial charge in [0.25, 0.3) is 0 Å². The van der Waals surface area contributed by atoms with Crippen molar-refractivity contribution >= 4 is 41.4 Å². The van der Waals surface area contributed by atoms with Crippen LogP contribution in [0.4, 0.5) is 0 Å². The molecule has 6 rings (SSSR count). The third kappa shape index (κ3) is 8.67. The van der Waals surface area contributed by atoms with Crippen LogP contribution in [0.25, 0.3) is 0 Å². The van der Waals surface area contributed by atoms with E-state index < -0.39 is 65.3 Å². The fraction of sp³-hybridized carbons (Fsp3) is 0.541. The van der Waals surface area contributed by atoms with Gasteiger partial charge in [-0.25, -0.2) is 4.79 Å². The average molecular weight is 708 g/mol. The number of hydrogen-bond donors (Lipinski definition) is 6. The number of amides is 3. The minimum Gasteiger partial charge on any atom is -0.508 e. The number of benzene rings is 2. The summed E-state index contributed by atoms with van der Waals surface area (Å²) in [5.74, 6) is -2.03. The van der Waals surface area contributed by atoms with E-state index in [0.717, 1.165) is 30.4 Å². The zero-order valence-corrected chi connectivity index (χ0v) is 29.5. The van der Waals surface area contributed by atoms with Crippen LogP contribution in [0.15, 0.2) is 54.6 Å². The summed E-state index contributed by atoms with van der Waals surface area (Å²) in [6.07, 6.45) is 6.52. The molecule has 12 nitrogen and oxygen atoms in total. The summed E-state index contributed by atoms with van der Waals surface area (Å²) in [6, 6.07) is 12.3.